The van der Waals surface area contributed by atoms with Crippen molar-refractivity contribution in [2.45, 2.75) is 12.5 Å². The number of nitrogens with zero attached hydrogens (tertiary/aromatic N) is 2. The summed E-state index contributed by atoms with van der Waals surface area (Å²) in [5, 5.41) is 9.50. The Hall–Kier alpha value is -1.62. The molecule has 80 valence electrons. The molecule has 0 aliphatic carbocycles. The predicted molar refractivity (Wildman–Crippen MR) is 55.2 cm³/mol. The van der Waals surface area contributed by atoms with Crippen molar-refractivity contribution in [3.63, 3.8) is 0 Å². The van der Waals surface area contributed by atoms with Gasteiger partial charge in [-0.15, -0.1) is 0 Å². The lowest BCUT2D eigenvalue weighted by Gasteiger charge is -2.43. The maximum atomic E-state index is 11.8. The Kier molecular flexibility index (Phi) is 2.12. The van der Waals surface area contributed by atoms with Crippen LogP contribution in [0.5, 0.6) is 0 Å². The largest absolute Gasteiger partial charge is 0.397 e. The first-order chi connectivity index (χ1) is 6.99. The number of nitrogen functional groups attached to an aromatic ring is 1. The number of likely N-dealkylation sites (tertiary alicyclic amines) is 1. The minimum absolute atomic E-state index is 0.223. The van der Waals surface area contributed by atoms with Gasteiger partial charge in [0.1, 0.15) is 0 Å². The molecule has 2 heterocycles. The fraction of sp³-hybridized carbons (Fsp3) is 0.400. The van der Waals surface area contributed by atoms with Crippen LogP contribution in [0, 0.1) is 0 Å². The molecule has 0 radical (unpaired) electrons. The second-order valence-corrected chi connectivity index (χ2v) is 4.10. The van der Waals surface area contributed by atoms with Gasteiger partial charge in [-0.05, 0) is 19.1 Å². The Morgan fingerprint density at radius 2 is 2.33 bits per heavy atom. The summed E-state index contributed by atoms with van der Waals surface area (Å²) in [5.41, 5.74) is 5.50. The van der Waals surface area contributed by atoms with E-state index < -0.39 is 5.60 Å². The molecule has 15 heavy (non-hydrogen) atoms. The van der Waals surface area contributed by atoms with E-state index in [0.29, 0.717) is 18.8 Å². The van der Waals surface area contributed by atoms with Gasteiger partial charge in [-0.3, -0.25) is 4.79 Å². The van der Waals surface area contributed by atoms with Gasteiger partial charge in [0.05, 0.1) is 24.4 Å². The molecule has 1 aliphatic rings. The average molecular weight is 207 g/mol. The Bertz CT molecular complexity index is 395. The first kappa shape index (κ1) is 9.92. The number of anilines is 1. The molecule has 1 amide bonds. The van der Waals surface area contributed by atoms with Crippen molar-refractivity contribution >= 4 is 11.6 Å². The normalized spacial score (nSPS) is 18.4. The van der Waals surface area contributed by atoms with Crippen molar-refractivity contribution in [3.05, 3.63) is 24.0 Å². The first-order valence-corrected chi connectivity index (χ1v) is 4.72. The van der Waals surface area contributed by atoms with E-state index in [4.69, 9.17) is 5.73 Å². The van der Waals surface area contributed by atoms with E-state index in [-0.39, 0.29) is 11.6 Å². The molecule has 1 aromatic rings. The Morgan fingerprint density at radius 1 is 1.67 bits per heavy atom. The fourth-order valence-electron chi connectivity index (χ4n) is 1.67. The Labute approximate surface area is 87.5 Å². The monoisotopic (exact) mass is 207 g/mol. The summed E-state index contributed by atoms with van der Waals surface area (Å²) in [6.07, 6.45) is 1.53. The van der Waals surface area contributed by atoms with Crippen LogP contribution in [0.4, 0.5) is 5.69 Å². The van der Waals surface area contributed by atoms with Crippen LogP contribution in [-0.4, -0.2) is 39.6 Å². The van der Waals surface area contributed by atoms with Gasteiger partial charge in [-0.1, -0.05) is 0 Å². The quantitative estimate of drug-likeness (QED) is 0.672. The number of amides is 1. The minimum atomic E-state index is -0.765. The molecule has 5 nitrogen and oxygen atoms in total. The van der Waals surface area contributed by atoms with Crippen LogP contribution >= 0.6 is 0 Å². The highest BCUT2D eigenvalue weighted by molar-refractivity contribution is 5.97. The Balaban J connectivity index is 2.14. The minimum Gasteiger partial charge on any atom is -0.397 e. The van der Waals surface area contributed by atoms with Gasteiger partial charge in [0.15, 0.2) is 5.69 Å². The van der Waals surface area contributed by atoms with E-state index in [1.807, 2.05) is 0 Å². The number of hydrogen-bond donors (Lipinski definition) is 2. The molecule has 1 aromatic heterocycles. The molecule has 1 saturated heterocycles. The summed E-state index contributed by atoms with van der Waals surface area (Å²) < 4.78 is 0. The molecular formula is C10H13N3O2. The zero-order valence-electron chi connectivity index (χ0n) is 8.47. The second-order valence-electron chi connectivity index (χ2n) is 4.10. The van der Waals surface area contributed by atoms with Crippen molar-refractivity contribution in [1.82, 2.24) is 9.88 Å². The number of hydrogen-bond acceptors (Lipinski definition) is 4. The standard InChI is InChI=1S/C10H13N3O2/c1-10(15)5-13(6-10)9(14)8-7(11)3-2-4-12-8/h2-4,15H,5-6,11H2,1H3. The van der Waals surface area contributed by atoms with Crippen LogP contribution < -0.4 is 5.73 Å². The maximum Gasteiger partial charge on any atom is 0.274 e. The van der Waals surface area contributed by atoms with Gasteiger partial charge in [-0.2, -0.15) is 0 Å². The third-order valence-corrected chi connectivity index (χ3v) is 2.39. The lowest BCUT2D eigenvalue weighted by Crippen LogP contribution is -2.61. The molecular weight excluding hydrogens is 194 g/mol. The number of aromatic nitrogens is 1. The molecule has 0 bridgehead atoms. The number of carbonyl (C=O) groups excluding carboxylic acids is 1. The second kappa shape index (κ2) is 3.20. The van der Waals surface area contributed by atoms with Gasteiger partial charge in [0.2, 0.25) is 0 Å². The number of nitrogens with two attached hydrogens (primary N) is 1. The van der Waals surface area contributed by atoms with Crippen LogP contribution in [0.1, 0.15) is 17.4 Å². The molecule has 0 unspecified atom stereocenters. The molecule has 3 N–H and O–H groups in total. The average Bonchev–Trinajstić information content (AvgIpc) is 2.14. The number of carbonyl (C=O) groups is 1. The lowest BCUT2D eigenvalue weighted by molar-refractivity contribution is -0.0670. The topological polar surface area (TPSA) is 79.5 Å². The Morgan fingerprint density at radius 3 is 2.87 bits per heavy atom. The summed E-state index contributed by atoms with van der Waals surface area (Å²) in [6, 6.07) is 3.32. The highest BCUT2D eigenvalue weighted by atomic mass is 16.3. The maximum absolute atomic E-state index is 11.8. The van der Waals surface area contributed by atoms with Crippen LogP contribution in [0.2, 0.25) is 0 Å². The van der Waals surface area contributed by atoms with Crippen LogP contribution in [0.3, 0.4) is 0 Å². The molecule has 0 spiro atoms. The van der Waals surface area contributed by atoms with Crippen LogP contribution in [0.15, 0.2) is 18.3 Å². The van der Waals surface area contributed by atoms with Gasteiger partial charge in [-0.25, -0.2) is 4.98 Å². The number of pyridine rings is 1. The fourth-order valence-corrected chi connectivity index (χ4v) is 1.67. The molecule has 5 heteroatoms. The molecule has 1 fully saturated rings. The van der Waals surface area contributed by atoms with Crippen LogP contribution in [-0.2, 0) is 0 Å². The number of rotatable bonds is 1. The van der Waals surface area contributed by atoms with Gasteiger partial charge < -0.3 is 15.7 Å². The summed E-state index contributed by atoms with van der Waals surface area (Å²) in [5.74, 6) is -0.223. The van der Waals surface area contributed by atoms with E-state index >= 15 is 0 Å². The summed E-state index contributed by atoms with van der Waals surface area (Å²) >= 11 is 0. The van der Waals surface area contributed by atoms with Crippen LogP contribution in [0.25, 0.3) is 0 Å². The highest BCUT2D eigenvalue weighted by Crippen LogP contribution is 2.22. The molecule has 0 saturated carbocycles. The SMILES string of the molecule is CC1(O)CN(C(=O)c2ncccc2N)C1. The summed E-state index contributed by atoms with van der Waals surface area (Å²) in [7, 11) is 0. The van der Waals surface area contributed by atoms with E-state index in [1.54, 1.807) is 19.1 Å². The number of β-amino-alcohol motifs (C(OH)–C–C–N with tert-alkyl or cyclic N) is 1. The molecule has 2 rings (SSSR count). The van der Waals surface area contributed by atoms with E-state index in [9.17, 15) is 9.90 Å². The van der Waals surface area contributed by atoms with Crippen molar-refractivity contribution in [2.75, 3.05) is 18.8 Å². The van der Waals surface area contributed by atoms with Gasteiger partial charge >= 0.3 is 0 Å². The zero-order valence-corrected chi connectivity index (χ0v) is 8.47. The third-order valence-electron chi connectivity index (χ3n) is 2.39. The van der Waals surface area contributed by atoms with E-state index in [1.165, 1.54) is 11.1 Å². The van der Waals surface area contributed by atoms with Crippen molar-refractivity contribution < 1.29 is 9.90 Å². The third kappa shape index (κ3) is 1.78. The van der Waals surface area contributed by atoms with Crippen molar-refractivity contribution in [3.8, 4) is 0 Å². The van der Waals surface area contributed by atoms with E-state index in [2.05, 4.69) is 4.98 Å². The predicted octanol–water partition coefficient (Wildman–Crippen LogP) is -0.129. The van der Waals surface area contributed by atoms with Gasteiger partial charge in [0, 0.05) is 6.20 Å². The van der Waals surface area contributed by atoms with Crippen molar-refractivity contribution in [2.24, 2.45) is 0 Å². The molecule has 1 aliphatic heterocycles. The highest BCUT2D eigenvalue weighted by Gasteiger charge is 2.40. The summed E-state index contributed by atoms with van der Waals surface area (Å²) in [4.78, 5) is 17.3. The summed E-state index contributed by atoms with van der Waals surface area (Å²) in [6.45, 7) is 2.36. The van der Waals surface area contributed by atoms with E-state index in [0.717, 1.165) is 0 Å². The number of aliphatic hydroxyl groups is 1. The first-order valence-electron chi connectivity index (χ1n) is 4.72. The van der Waals surface area contributed by atoms with Gasteiger partial charge in [0.25, 0.3) is 5.91 Å². The molecule has 0 atom stereocenters. The lowest BCUT2D eigenvalue weighted by atomic mass is 9.96. The van der Waals surface area contributed by atoms with Crippen molar-refractivity contribution in [1.29, 1.82) is 0 Å². The smallest absolute Gasteiger partial charge is 0.274 e. The molecule has 0 aromatic carbocycles. The zero-order chi connectivity index (χ0) is 11.1.